The monoisotopic (exact) mass is 250 g/mol. The van der Waals surface area contributed by atoms with Gasteiger partial charge in [0.05, 0.1) is 29.1 Å². The SMILES string of the molecule is Cn1cc(NCc2csc(C(C)(C)C)n2)cn1. The van der Waals surface area contributed by atoms with Crippen molar-refractivity contribution in [3.63, 3.8) is 0 Å². The van der Waals surface area contributed by atoms with Crippen LogP contribution in [0.1, 0.15) is 31.5 Å². The molecule has 0 saturated carbocycles. The first-order chi connectivity index (χ1) is 7.95. The highest BCUT2D eigenvalue weighted by molar-refractivity contribution is 7.09. The van der Waals surface area contributed by atoms with E-state index in [9.17, 15) is 0 Å². The molecule has 0 unspecified atom stereocenters. The van der Waals surface area contributed by atoms with Gasteiger partial charge in [0.1, 0.15) is 0 Å². The second-order valence-electron chi connectivity index (χ2n) is 5.15. The second-order valence-corrected chi connectivity index (χ2v) is 6.01. The van der Waals surface area contributed by atoms with Crippen LogP contribution in [-0.2, 0) is 19.0 Å². The Bertz CT molecular complexity index is 493. The molecule has 0 aliphatic heterocycles. The van der Waals surface area contributed by atoms with Crippen molar-refractivity contribution >= 4 is 17.0 Å². The van der Waals surface area contributed by atoms with Gasteiger partial charge in [-0.2, -0.15) is 5.10 Å². The van der Waals surface area contributed by atoms with E-state index in [0.717, 1.165) is 17.9 Å². The Balaban J connectivity index is 1.98. The van der Waals surface area contributed by atoms with Gasteiger partial charge in [0.25, 0.3) is 0 Å². The Kier molecular flexibility index (Phi) is 3.19. The maximum absolute atomic E-state index is 4.63. The molecule has 0 radical (unpaired) electrons. The molecule has 2 aromatic heterocycles. The summed E-state index contributed by atoms with van der Waals surface area (Å²) in [5, 5.41) is 10.7. The van der Waals surface area contributed by atoms with Crippen LogP contribution in [0.15, 0.2) is 17.8 Å². The molecule has 2 heterocycles. The van der Waals surface area contributed by atoms with Crippen molar-refractivity contribution in [1.29, 1.82) is 0 Å². The van der Waals surface area contributed by atoms with Crippen molar-refractivity contribution < 1.29 is 0 Å². The molecule has 4 nitrogen and oxygen atoms in total. The highest BCUT2D eigenvalue weighted by Crippen LogP contribution is 2.25. The Labute approximate surface area is 106 Å². The molecular weight excluding hydrogens is 232 g/mol. The molecule has 0 aromatic carbocycles. The molecule has 0 aliphatic carbocycles. The third kappa shape index (κ3) is 3.06. The van der Waals surface area contributed by atoms with Crippen LogP contribution in [0, 0.1) is 0 Å². The number of hydrogen-bond acceptors (Lipinski definition) is 4. The van der Waals surface area contributed by atoms with Crippen molar-refractivity contribution in [2.24, 2.45) is 7.05 Å². The number of nitrogens with one attached hydrogen (secondary N) is 1. The molecule has 0 spiro atoms. The highest BCUT2D eigenvalue weighted by atomic mass is 32.1. The van der Waals surface area contributed by atoms with E-state index in [2.05, 4.69) is 41.6 Å². The zero-order chi connectivity index (χ0) is 12.5. The Morgan fingerprint density at radius 3 is 2.71 bits per heavy atom. The van der Waals surface area contributed by atoms with E-state index in [1.165, 1.54) is 5.01 Å². The molecule has 5 heteroatoms. The maximum atomic E-state index is 4.63. The first-order valence-electron chi connectivity index (χ1n) is 5.62. The number of anilines is 1. The van der Waals surface area contributed by atoms with E-state index in [4.69, 9.17) is 0 Å². The molecule has 0 bridgehead atoms. The van der Waals surface area contributed by atoms with Crippen molar-refractivity contribution in [2.75, 3.05) is 5.32 Å². The minimum absolute atomic E-state index is 0.136. The van der Waals surface area contributed by atoms with Crippen molar-refractivity contribution in [2.45, 2.75) is 32.7 Å². The van der Waals surface area contributed by atoms with Crippen LogP contribution in [0.3, 0.4) is 0 Å². The zero-order valence-electron chi connectivity index (χ0n) is 10.7. The number of hydrogen-bond donors (Lipinski definition) is 1. The summed E-state index contributed by atoms with van der Waals surface area (Å²) in [6.07, 6.45) is 3.77. The van der Waals surface area contributed by atoms with Gasteiger partial charge in [0.2, 0.25) is 0 Å². The lowest BCUT2D eigenvalue weighted by Crippen LogP contribution is -2.11. The molecule has 17 heavy (non-hydrogen) atoms. The topological polar surface area (TPSA) is 42.7 Å². The molecule has 2 aromatic rings. The fraction of sp³-hybridized carbons (Fsp3) is 0.500. The quantitative estimate of drug-likeness (QED) is 0.911. The van der Waals surface area contributed by atoms with Gasteiger partial charge in [-0.1, -0.05) is 20.8 Å². The number of nitrogens with zero attached hydrogens (tertiary/aromatic N) is 3. The van der Waals surface area contributed by atoms with E-state index in [1.54, 1.807) is 16.0 Å². The van der Waals surface area contributed by atoms with Gasteiger partial charge in [0, 0.05) is 24.0 Å². The molecule has 2 rings (SSSR count). The van der Waals surface area contributed by atoms with Crippen LogP contribution in [0.5, 0.6) is 0 Å². The van der Waals surface area contributed by atoms with Gasteiger partial charge in [-0.25, -0.2) is 4.98 Å². The molecule has 92 valence electrons. The van der Waals surface area contributed by atoms with E-state index in [1.807, 2.05) is 19.4 Å². The molecule has 1 N–H and O–H groups in total. The van der Waals surface area contributed by atoms with Gasteiger partial charge >= 0.3 is 0 Å². The summed E-state index contributed by atoms with van der Waals surface area (Å²) in [6, 6.07) is 0. The number of aryl methyl sites for hydroxylation is 1. The van der Waals surface area contributed by atoms with Crippen LogP contribution in [0.4, 0.5) is 5.69 Å². The number of thiazole rings is 1. The summed E-state index contributed by atoms with van der Waals surface area (Å²) in [4.78, 5) is 4.63. The zero-order valence-corrected chi connectivity index (χ0v) is 11.5. The fourth-order valence-corrected chi connectivity index (χ4v) is 2.34. The van der Waals surface area contributed by atoms with Crippen LogP contribution >= 0.6 is 11.3 Å². The van der Waals surface area contributed by atoms with Gasteiger partial charge in [-0.3, -0.25) is 4.68 Å². The maximum Gasteiger partial charge on any atom is 0.0982 e. The highest BCUT2D eigenvalue weighted by Gasteiger charge is 2.17. The van der Waals surface area contributed by atoms with Crippen LogP contribution in [0.25, 0.3) is 0 Å². The number of rotatable bonds is 3. The summed E-state index contributed by atoms with van der Waals surface area (Å²) in [6.45, 7) is 7.30. The van der Waals surface area contributed by atoms with Crippen LogP contribution in [0.2, 0.25) is 0 Å². The average molecular weight is 250 g/mol. The Morgan fingerprint density at radius 1 is 1.41 bits per heavy atom. The normalized spacial score (nSPS) is 11.8. The largest absolute Gasteiger partial charge is 0.377 e. The Hall–Kier alpha value is -1.36. The predicted octanol–water partition coefficient (Wildman–Crippen LogP) is 2.79. The summed E-state index contributed by atoms with van der Waals surface area (Å²) >= 11 is 1.72. The minimum Gasteiger partial charge on any atom is -0.377 e. The lowest BCUT2D eigenvalue weighted by molar-refractivity contribution is 0.583. The van der Waals surface area contributed by atoms with Crippen molar-refractivity contribution in [1.82, 2.24) is 14.8 Å². The lowest BCUT2D eigenvalue weighted by Gasteiger charge is -2.13. The minimum atomic E-state index is 0.136. The van der Waals surface area contributed by atoms with Crippen LogP contribution in [-0.4, -0.2) is 14.8 Å². The summed E-state index contributed by atoms with van der Waals surface area (Å²) in [7, 11) is 1.91. The number of aromatic nitrogens is 3. The van der Waals surface area contributed by atoms with E-state index < -0.39 is 0 Å². The predicted molar refractivity (Wildman–Crippen MR) is 71.3 cm³/mol. The summed E-state index contributed by atoms with van der Waals surface area (Å²) < 4.78 is 1.78. The molecule has 0 aliphatic rings. The fourth-order valence-electron chi connectivity index (χ4n) is 1.44. The first kappa shape index (κ1) is 12.1. The van der Waals surface area contributed by atoms with Crippen molar-refractivity contribution in [3.05, 3.63) is 28.5 Å². The first-order valence-corrected chi connectivity index (χ1v) is 6.50. The standard InChI is InChI=1S/C12H18N4S/c1-12(2,3)11-15-10(8-17-11)5-13-9-6-14-16(4)7-9/h6-8,13H,5H2,1-4H3. The molecule has 0 atom stereocenters. The van der Waals surface area contributed by atoms with E-state index in [-0.39, 0.29) is 5.41 Å². The van der Waals surface area contributed by atoms with Gasteiger partial charge in [0.15, 0.2) is 0 Å². The lowest BCUT2D eigenvalue weighted by atomic mass is 9.98. The van der Waals surface area contributed by atoms with Gasteiger partial charge in [-0.05, 0) is 0 Å². The second kappa shape index (κ2) is 4.49. The van der Waals surface area contributed by atoms with E-state index in [0.29, 0.717) is 0 Å². The summed E-state index contributed by atoms with van der Waals surface area (Å²) in [5.41, 5.74) is 2.25. The van der Waals surface area contributed by atoms with E-state index >= 15 is 0 Å². The smallest absolute Gasteiger partial charge is 0.0982 e. The molecular formula is C12H18N4S. The summed E-state index contributed by atoms with van der Waals surface area (Å²) in [5.74, 6) is 0. The Morgan fingerprint density at radius 2 is 2.18 bits per heavy atom. The average Bonchev–Trinajstić information content (AvgIpc) is 2.82. The van der Waals surface area contributed by atoms with Crippen LogP contribution < -0.4 is 5.32 Å². The van der Waals surface area contributed by atoms with Gasteiger partial charge in [-0.15, -0.1) is 11.3 Å². The van der Waals surface area contributed by atoms with Gasteiger partial charge < -0.3 is 5.32 Å². The van der Waals surface area contributed by atoms with Crippen molar-refractivity contribution in [3.8, 4) is 0 Å². The molecule has 0 amide bonds. The third-order valence-electron chi connectivity index (χ3n) is 2.37. The third-order valence-corrected chi connectivity index (χ3v) is 3.69. The molecule has 0 fully saturated rings. The molecule has 0 saturated heterocycles.